The Bertz CT molecular complexity index is 1370. The average Bonchev–Trinajstić information content (AvgIpc) is 3.17. The Kier molecular flexibility index (Phi) is 3.79. The van der Waals surface area contributed by atoms with Gasteiger partial charge in [-0.15, -0.1) is 0 Å². The Hall–Kier alpha value is -2.13. The molecule has 156 valence electrons. The number of rotatable bonds is 1. The number of hydrogen-bond acceptors (Lipinski definition) is 2. The molecule has 2 aliphatic heterocycles. The van der Waals surface area contributed by atoms with Gasteiger partial charge >= 0.3 is 7.12 Å². The second-order valence-corrected chi connectivity index (χ2v) is 14.2. The molecule has 0 bridgehead atoms. The molecule has 6 rings (SSSR count). The van der Waals surface area contributed by atoms with Crippen molar-refractivity contribution in [3.8, 4) is 5.69 Å². The van der Waals surface area contributed by atoms with Crippen LogP contribution in [0.1, 0.15) is 27.7 Å². The van der Waals surface area contributed by atoms with Gasteiger partial charge in [0, 0.05) is 10.8 Å². The fourth-order valence-corrected chi connectivity index (χ4v) is 7.82. The molecule has 0 saturated carbocycles. The first-order valence-electron chi connectivity index (χ1n) is 11.0. The maximum absolute atomic E-state index is 6.37. The van der Waals surface area contributed by atoms with Crippen LogP contribution in [0.25, 0.3) is 27.5 Å². The number of hydrogen-bond donors (Lipinski definition) is 0. The largest absolute Gasteiger partial charge is 0.494 e. The van der Waals surface area contributed by atoms with Gasteiger partial charge < -0.3 is 13.9 Å². The molecule has 3 heterocycles. The smallest absolute Gasteiger partial charge is 0.399 e. The summed E-state index contributed by atoms with van der Waals surface area (Å²) in [5.74, 6) is 0. The molecule has 0 radical (unpaired) electrons. The van der Waals surface area contributed by atoms with Crippen molar-refractivity contribution in [2.75, 3.05) is 13.3 Å². The zero-order chi connectivity index (χ0) is 21.8. The summed E-state index contributed by atoms with van der Waals surface area (Å²) >= 11 is 0. The van der Waals surface area contributed by atoms with Crippen LogP contribution in [0, 0.1) is 0 Å². The summed E-state index contributed by atoms with van der Waals surface area (Å²) in [6.07, 6.45) is 0. The van der Waals surface area contributed by atoms with Crippen molar-refractivity contribution < 1.29 is 9.31 Å². The number of para-hydroxylation sites is 2. The molecule has 4 aromatic rings. The first kappa shape index (κ1) is 19.6. The minimum Gasteiger partial charge on any atom is -0.399 e. The molecule has 0 aliphatic carbocycles. The van der Waals surface area contributed by atoms with Crippen molar-refractivity contribution in [3.05, 3.63) is 60.7 Å². The van der Waals surface area contributed by atoms with E-state index < -0.39 is 7.26 Å². The van der Waals surface area contributed by atoms with E-state index >= 15 is 0 Å². The lowest BCUT2D eigenvalue weighted by Gasteiger charge is -2.32. The van der Waals surface area contributed by atoms with E-state index in [9.17, 15) is 0 Å². The summed E-state index contributed by atoms with van der Waals surface area (Å²) in [6.45, 7) is 13.3. The highest BCUT2D eigenvalue weighted by molar-refractivity contribution is 7.89. The van der Waals surface area contributed by atoms with Gasteiger partial charge in [-0.2, -0.15) is 0 Å². The fourth-order valence-electron chi connectivity index (χ4n) is 5.13. The Balaban J connectivity index is 1.61. The van der Waals surface area contributed by atoms with E-state index in [1.54, 1.807) is 0 Å². The van der Waals surface area contributed by atoms with Crippen molar-refractivity contribution in [1.29, 1.82) is 0 Å². The highest BCUT2D eigenvalue weighted by Crippen LogP contribution is 2.55. The third kappa shape index (κ3) is 2.47. The van der Waals surface area contributed by atoms with Crippen LogP contribution < -0.4 is 16.1 Å². The predicted molar refractivity (Wildman–Crippen MR) is 135 cm³/mol. The van der Waals surface area contributed by atoms with Crippen LogP contribution >= 0.6 is 7.26 Å². The molecular formula is C26H28BNO2P+. The zero-order valence-electron chi connectivity index (χ0n) is 19.1. The fraction of sp³-hybridized carbons (Fsp3) is 0.308. The first-order valence-corrected chi connectivity index (χ1v) is 13.7. The number of benzene rings is 3. The summed E-state index contributed by atoms with van der Waals surface area (Å²) in [5.41, 5.74) is 4.37. The second kappa shape index (κ2) is 6.01. The molecule has 0 amide bonds. The zero-order valence-corrected chi connectivity index (χ0v) is 20.0. The molecule has 31 heavy (non-hydrogen) atoms. The molecule has 1 aromatic heterocycles. The minimum atomic E-state index is -1.55. The third-order valence-corrected chi connectivity index (χ3v) is 10.8. The lowest BCUT2D eigenvalue weighted by molar-refractivity contribution is 0.00578. The lowest BCUT2D eigenvalue weighted by Crippen LogP contribution is -2.41. The van der Waals surface area contributed by atoms with Crippen molar-refractivity contribution in [2.45, 2.75) is 38.9 Å². The number of aromatic nitrogens is 1. The van der Waals surface area contributed by atoms with Gasteiger partial charge in [-0.05, 0) is 57.4 Å². The normalized spacial score (nSPS) is 20.4. The summed E-state index contributed by atoms with van der Waals surface area (Å²) < 4.78 is 15.2. The Labute approximate surface area is 184 Å². The summed E-state index contributed by atoms with van der Waals surface area (Å²) in [5, 5.41) is 5.56. The molecule has 3 aromatic carbocycles. The molecule has 0 N–H and O–H groups in total. The summed E-state index contributed by atoms with van der Waals surface area (Å²) in [4.78, 5) is 0. The van der Waals surface area contributed by atoms with Crippen LogP contribution in [0.4, 0.5) is 0 Å². The highest BCUT2D eigenvalue weighted by atomic mass is 31.2. The van der Waals surface area contributed by atoms with Crippen molar-refractivity contribution in [1.82, 2.24) is 4.57 Å². The average molecular weight is 428 g/mol. The number of fused-ring (bicyclic) bond motifs is 5. The van der Waals surface area contributed by atoms with E-state index in [0.717, 1.165) is 5.46 Å². The Morgan fingerprint density at radius 1 is 0.774 bits per heavy atom. The van der Waals surface area contributed by atoms with Crippen LogP contribution in [0.3, 0.4) is 0 Å². The SMILES string of the molecule is CC1(C)OB(c2ccc3c(c2)[P+](C)(C)c2cccc4c5ccccc5n-3c24)OC1(C)C. The quantitative estimate of drug-likeness (QED) is 0.326. The molecule has 0 atom stereocenters. The van der Waals surface area contributed by atoms with E-state index in [0.29, 0.717) is 0 Å². The van der Waals surface area contributed by atoms with Gasteiger partial charge in [0.1, 0.15) is 10.6 Å². The monoisotopic (exact) mass is 428 g/mol. The van der Waals surface area contributed by atoms with Gasteiger partial charge in [-0.1, -0.05) is 36.4 Å². The second-order valence-electron chi connectivity index (χ2n) is 10.3. The van der Waals surface area contributed by atoms with Gasteiger partial charge in [-0.25, -0.2) is 0 Å². The van der Waals surface area contributed by atoms with Gasteiger partial charge in [0.15, 0.2) is 0 Å². The van der Waals surface area contributed by atoms with Crippen LogP contribution in [-0.2, 0) is 9.31 Å². The maximum Gasteiger partial charge on any atom is 0.494 e. The van der Waals surface area contributed by atoms with E-state index in [1.165, 1.54) is 38.1 Å². The van der Waals surface area contributed by atoms with Gasteiger partial charge in [0.2, 0.25) is 0 Å². The first-order chi connectivity index (χ1) is 14.6. The predicted octanol–water partition coefficient (Wildman–Crippen LogP) is 4.62. The third-order valence-electron chi connectivity index (χ3n) is 7.64. The topological polar surface area (TPSA) is 23.4 Å². The van der Waals surface area contributed by atoms with E-state index in [1.807, 2.05) is 0 Å². The van der Waals surface area contributed by atoms with E-state index in [4.69, 9.17) is 9.31 Å². The van der Waals surface area contributed by atoms with Crippen LogP contribution in [0.15, 0.2) is 60.7 Å². The van der Waals surface area contributed by atoms with Crippen LogP contribution in [-0.4, -0.2) is 36.2 Å². The summed E-state index contributed by atoms with van der Waals surface area (Å²) in [7, 11) is -1.89. The molecule has 1 saturated heterocycles. The number of nitrogens with zero attached hydrogens (tertiary/aromatic N) is 1. The van der Waals surface area contributed by atoms with Crippen LogP contribution in [0.5, 0.6) is 0 Å². The van der Waals surface area contributed by atoms with Gasteiger partial charge in [0.05, 0.1) is 48.5 Å². The molecule has 0 unspecified atom stereocenters. The minimum absolute atomic E-state index is 0.339. The molecule has 3 nitrogen and oxygen atoms in total. The molecule has 0 spiro atoms. The van der Waals surface area contributed by atoms with Gasteiger partial charge in [0.25, 0.3) is 0 Å². The molecule has 5 heteroatoms. The standard InChI is InChI=1S/C26H28BNO2P/c1-25(2)26(3,4)30-27(29-25)17-14-15-21-23(16-17)31(5,6)22-13-9-11-19-18-10-7-8-12-20(18)28(21)24(19)22/h7-16H,1-6H3/q+1. The van der Waals surface area contributed by atoms with E-state index in [-0.39, 0.29) is 18.3 Å². The van der Waals surface area contributed by atoms with Gasteiger partial charge in [-0.3, -0.25) is 0 Å². The lowest BCUT2D eigenvalue weighted by atomic mass is 9.79. The molecule has 1 fully saturated rings. The highest BCUT2D eigenvalue weighted by Gasteiger charge is 2.52. The Morgan fingerprint density at radius 3 is 2.19 bits per heavy atom. The molecular weight excluding hydrogens is 400 g/mol. The Morgan fingerprint density at radius 2 is 1.45 bits per heavy atom. The van der Waals surface area contributed by atoms with Crippen molar-refractivity contribution >= 4 is 52.3 Å². The van der Waals surface area contributed by atoms with Crippen molar-refractivity contribution in [3.63, 3.8) is 0 Å². The van der Waals surface area contributed by atoms with E-state index in [2.05, 4.69) is 106 Å². The molecule has 2 aliphatic rings. The summed E-state index contributed by atoms with van der Waals surface area (Å²) in [6, 6.07) is 22.4. The van der Waals surface area contributed by atoms with Crippen molar-refractivity contribution in [2.24, 2.45) is 0 Å². The van der Waals surface area contributed by atoms with Crippen LogP contribution in [0.2, 0.25) is 0 Å². The maximum atomic E-state index is 6.37.